The minimum atomic E-state index is 0.680. The van der Waals surface area contributed by atoms with Gasteiger partial charge in [-0.2, -0.15) is 10.2 Å². The van der Waals surface area contributed by atoms with Gasteiger partial charge in [-0.1, -0.05) is 0 Å². The van der Waals surface area contributed by atoms with Crippen LogP contribution >= 0.6 is 0 Å². The Labute approximate surface area is 91.8 Å². The van der Waals surface area contributed by atoms with Crippen molar-refractivity contribution in [3.8, 4) is 5.82 Å². The van der Waals surface area contributed by atoms with Gasteiger partial charge < -0.3 is 0 Å². The van der Waals surface area contributed by atoms with E-state index in [-0.39, 0.29) is 0 Å². The van der Waals surface area contributed by atoms with Crippen molar-refractivity contribution >= 4 is 11.0 Å². The van der Waals surface area contributed by atoms with E-state index in [1.807, 2.05) is 31.2 Å². The molecule has 3 rings (SSSR count). The fourth-order valence-corrected chi connectivity index (χ4v) is 1.50. The smallest absolute Gasteiger partial charge is 0.176 e. The van der Waals surface area contributed by atoms with Crippen LogP contribution in [-0.4, -0.2) is 25.0 Å². The highest BCUT2D eigenvalue weighted by Gasteiger charge is 2.03. The van der Waals surface area contributed by atoms with Crippen molar-refractivity contribution in [1.29, 1.82) is 0 Å². The van der Waals surface area contributed by atoms with Crippen LogP contribution in [0.4, 0.5) is 0 Å². The van der Waals surface area contributed by atoms with Crippen LogP contribution in [0.5, 0.6) is 0 Å². The van der Waals surface area contributed by atoms with E-state index in [1.165, 1.54) is 4.80 Å². The van der Waals surface area contributed by atoms with Gasteiger partial charge in [-0.25, -0.2) is 9.97 Å². The Morgan fingerprint density at radius 2 is 2.12 bits per heavy atom. The SMILES string of the molecule is Cc1cnn(-c2ccc3cccnc3n2)n1. The van der Waals surface area contributed by atoms with E-state index < -0.39 is 0 Å². The number of hydrogen-bond donors (Lipinski definition) is 0. The zero-order valence-corrected chi connectivity index (χ0v) is 8.70. The van der Waals surface area contributed by atoms with E-state index in [9.17, 15) is 0 Å². The molecule has 0 aliphatic rings. The van der Waals surface area contributed by atoms with Crippen LogP contribution in [0.3, 0.4) is 0 Å². The van der Waals surface area contributed by atoms with Crippen LogP contribution < -0.4 is 0 Å². The van der Waals surface area contributed by atoms with Gasteiger partial charge in [0, 0.05) is 11.6 Å². The predicted octanol–water partition coefficient (Wildman–Crippen LogP) is 1.52. The Kier molecular flexibility index (Phi) is 1.89. The maximum Gasteiger partial charge on any atom is 0.176 e. The average molecular weight is 211 g/mol. The van der Waals surface area contributed by atoms with Gasteiger partial charge in [0.25, 0.3) is 0 Å². The molecule has 3 aromatic heterocycles. The molecule has 0 unspecified atom stereocenters. The van der Waals surface area contributed by atoms with Crippen molar-refractivity contribution in [3.63, 3.8) is 0 Å². The van der Waals surface area contributed by atoms with Gasteiger partial charge in [-0.15, -0.1) is 4.80 Å². The van der Waals surface area contributed by atoms with Crippen LogP contribution in [0.2, 0.25) is 0 Å². The molecule has 5 nitrogen and oxygen atoms in total. The molecule has 0 N–H and O–H groups in total. The Hall–Kier alpha value is -2.30. The van der Waals surface area contributed by atoms with Gasteiger partial charge in [0.2, 0.25) is 0 Å². The summed E-state index contributed by atoms with van der Waals surface area (Å²) in [4.78, 5) is 10.1. The zero-order valence-electron chi connectivity index (χ0n) is 8.70. The van der Waals surface area contributed by atoms with Gasteiger partial charge in [0.1, 0.15) is 0 Å². The largest absolute Gasteiger partial charge is 0.237 e. The summed E-state index contributed by atoms with van der Waals surface area (Å²) in [7, 11) is 0. The predicted molar refractivity (Wildman–Crippen MR) is 59.2 cm³/mol. The summed E-state index contributed by atoms with van der Waals surface area (Å²) >= 11 is 0. The van der Waals surface area contributed by atoms with Gasteiger partial charge in [0.05, 0.1) is 11.9 Å². The zero-order chi connectivity index (χ0) is 11.0. The van der Waals surface area contributed by atoms with Crippen molar-refractivity contribution in [3.05, 3.63) is 42.4 Å². The van der Waals surface area contributed by atoms with Crippen molar-refractivity contribution < 1.29 is 0 Å². The van der Waals surface area contributed by atoms with Crippen LogP contribution in [-0.2, 0) is 0 Å². The number of pyridine rings is 2. The summed E-state index contributed by atoms with van der Waals surface area (Å²) in [6, 6.07) is 7.70. The summed E-state index contributed by atoms with van der Waals surface area (Å²) in [6.45, 7) is 1.89. The number of hydrogen-bond acceptors (Lipinski definition) is 4. The van der Waals surface area contributed by atoms with Gasteiger partial charge in [-0.05, 0) is 31.2 Å². The lowest BCUT2D eigenvalue weighted by Crippen LogP contribution is -2.02. The molecular formula is C11H9N5. The summed E-state index contributed by atoms with van der Waals surface area (Å²) < 4.78 is 0. The van der Waals surface area contributed by atoms with Crippen molar-refractivity contribution in [1.82, 2.24) is 25.0 Å². The van der Waals surface area contributed by atoms with Crippen LogP contribution in [0.25, 0.3) is 16.9 Å². The number of aromatic nitrogens is 5. The average Bonchev–Trinajstić information content (AvgIpc) is 2.75. The third-order valence-electron chi connectivity index (χ3n) is 2.26. The molecule has 0 aliphatic carbocycles. The van der Waals surface area contributed by atoms with Crippen molar-refractivity contribution in [2.24, 2.45) is 0 Å². The fourth-order valence-electron chi connectivity index (χ4n) is 1.50. The minimum absolute atomic E-state index is 0.680. The van der Waals surface area contributed by atoms with E-state index >= 15 is 0 Å². The molecule has 0 bridgehead atoms. The first-order chi connectivity index (χ1) is 7.83. The Balaban J connectivity index is 2.18. The van der Waals surface area contributed by atoms with Crippen molar-refractivity contribution in [2.75, 3.05) is 0 Å². The highest BCUT2D eigenvalue weighted by molar-refractivity contribution is 5.74. The monoisotopic (exact) mass is 211 g/mol. The molecule has 3 heterocycles. The quantitative estimate of drug-likeness (QED) is 0.612. The number of aryl methyl sites for hydroxylation is 1. The number of rotatable bonds is 1. The molecule has 5 heteroatoms. The van der Waals surface area contributed by atoms with Crippen LogP contribution in [0.1, 0.15) is 5.69 Å². The van der Waals surface area contributed by atoms with Gasteiger partial charge >= 0.3 is 0 Å². The second kappa shape index (κ2) is 3.37. The molecule has 0 saturated carbocycles. The first-order valence-electron chi connectivity index (χ1n) is 4.94. The van der Waals surface area contributed by atoms with Gasteiger partial charge in [0.15, 0.2) is 11.5 Å². The van der Waals surface area contributed by atoms with Crippen molar-refractivity contribution in [2.45, 2.75) is 6.92 Å². The summed E-state index contributed by atoms with van der Waals surface area (Å²) in [5.74, 6) is 0.680. The van der Waals surface area contributed by atoms with E-state index in [4.69, 9.17) is 0 Å². The van der Waals surface area contributed by atoms with E-state index in [1.54, 1.807) is 12.4 Å². The molecule has 0 spiro atoms. The van der Waals surface area contributed by atoms with Gasteiger partial charge in [-0.3, -0.25) is 0 Å². The Morgan fingerprint density at radius 3 is 2.94 bits per heavy atom. The van der Waals surface area contributed by atoms with Crippen LogP contribution in [0.15, 0.2) is 36.7 Å². The summed E-state index contributed by atoms with van der Waals surface area (Å²) in [5.41, 5.74) is 1.57. The molecule has 0 aliphatic heterocycles. The standard InChI is InChI=1S/C11H9N5/c1-8-7-13-16(15-8)10-5-4-9-3-2-6-12-11(9)14-10/h2-7H,1H3. The second-order valence-electron chi connectivity index (χ2n) is 3.49. The third-order valence-corrected chi connectivity index (χ3v) is 2.26. The van der Waals surface area contributed by atoms with Crippen LogP contribution in [0, 0.1) is 6.92 Å². The lowest BCUT2D eigenvalue weighted by Gasteiger charge is -2.00. The first-order valence-corrected chi connectivity index (χ1v) is 4.94. The molecule has 0 atom stereocenters. The Bertz CT molecular complexity index is 643. The molecule has 0 radical (unpaired) electrons. The number of fused-ring (bicyclic) bond motifs is 1. The summed E-state index contributed by atoms with van der Waals surface area (Å²) in [5, 5.41) is 9.32. The molecule has 0 saturated heterocycles. The molecule has 0 fully saturated rings. The molecule has 16 heavy (non-hydrogen) atoms. The molecular weight excluding hydrogens is 202 g/mol. The topological polar surface area (TPSA) is 56.5 Å². The van der Waals surface area contributed by atoms with E-state index in [2.05, 4.69) is 20.2 Å². The molecule has 78 valence electrons. The maximum absolute atomic E-state index is 4.39. The molecule has 0 amide bonds. The highest BCUT2D eigenvalue weighted by atomic mass is 15.5. The lowest BCUT2D eigenvalue weighted by atomic mass is 10.3. The molecule has 0 aromatic carbocycles. The summed E-state index contributed by atoms with van der Waals surface area (Å²) in [6.07, 6.45) is 3.42. The Morgan fingerprint density at radius 1 is 1.19 bits per heavy atom. The lowest BCUT2D eigenvalue weighted by molar-refractivity contribution is 0.726. The third kappa shape index (κ3) is 1.42. The normalized spacial score (nSPS) is 10.8. The fraction of sp³-hybridized carbons (Fsp3) is 0.0909. The number of nitrogens with zero attached hydrogens (tertiary/aromatic N) is 5. The molecule has 3 aromatic rings. The van der Waals surface area contributed by atoms with E-state index in [0.717, 1.165) is 11.1 Å². The van der Waals surface area contributed by atoms with E-state index in [0.29, 0.717) is 11.5 Å². The highest BCUT2D eigenvalue weighted by Crippen LogP contribution is 2.10. The maximum atomic E-state index is 4.39. The second-order valence-corrected chi connectivity index (χ2v) is 3.49. The minimum Gasteiger partial charge on any atom is -0.237 e. The first kappa shape index (κ1) is 8.96.